The minimum Gasteiger partial charge on any atom is -0.450 e. The highest BCUT2D eigenvalue weighted by molar-refractivity contribution is 7.91. The normalized spacial score (nSPS) is 22.1. The molecule has 0 aromatic carbocycles. The van der Waals surface area contributed by atoms with E-state index in [0.29, 0.717) is 0 Å². The van der Waals surface area contributed by atoms with Crippen LogP contribution in [0.15, 0.2) is 0 Å². The highest BCUT2D eigenvalue weighted by atomic mass is 32.2. The molecule has 1 amide bonds. The standard InChI is InChI=1S/C9H17NO7S2/c1-2-17-9(11)10(4-6-19(14,15)16)8-3-5-18(12,13)7-8/h8H,2-7H2,1H3,(H,14,15,16). The lowest BCUT2D eigenvalue weighted by atomic mass is 10.2. The molecule has 8 nitrogen and oxygen atoms in total. The van der Waals surface area contributed by atoms with Crippen molar-refractivity contribution >= 4 is 26.0 Å². The Labute approximate surface area is 112 Å². The maximum Gasteiger partial charge on any atom is 0.410 e. The van der Waals surface area contributed by atoms with E-state index < -0.39 is 37.8 Å². The van der Waals surface area contributed by atoms with E-state index in [1.165, 1.54) is 0 Å². The zero-order valence-electron chi connectivity index (χ0n) is 10.5. The number of carbonyl (C=O) groups excluding carboxylic acids is 1. The molecule has 1 N–H and O–H groups in total. The van der Waals surface area contributed by atoms with Crippen LogP contribution < -0.4 is 0 Å². The van der Waals surface area contributed by atoms with Crippen LogP contribution in [-0.4, -0.2) is 68.8 Å². The first-order chi connectivity index (χ1) is 8.64. The van der Waals surface area contributed by atoms with Crippen molar-refractivity contribution in [2.45, 2.75) is 19.4 Å². The second kappa shape index (κ2) is 6.06. The van der Waals surface area contributed by atoms with Gasteiger partial charge in [-0.05, 0) is 13.3 Å². The van der Waals surface area contributed by atoms with E-state index in [-0.39, 0.29) is 31.1 Å². The zero-order valence-corrected chi connectivity index (χ0v) is 12.1. The number of hydrogen-bond acceptors (Lipinski definition) is 6. The molecule has 112 valence electrons. The van der Waals surface area contributed by atoms with E-state index >= 15 is 0 Å². The van der Waals surface area contributed by atoms with E-state index in [4.69, 9.17) is 9.29 Å². The quantitative estimate of drug-likeness (QED) is 0.681. The fraction of sp³-hybridized carbons (Fsp3) is 0.889. The number of amides is 1. The molecule has 1 fully saturated rings. The Balaban J connectivity index is 2.78. The molecule has 1 atom stereocenters. The van der Waals surface area contributed by atoms with Gasteiger partial charge in [0.25, 0.3) is 10.1 Å². The molecule has 1 unspecified atom stereocenters. The monoisotopic (exact) mass is 315 g/mol. The Morgan fingerprint density at radius 2 is 2.11 bits per heavy atom. The summed E-state index contributed by atoms with van der Waals surface area (Å²) < 4.78 is 57.7. The minimum atomic E-state index is -4.22. The van der Waals surface area contributed by atoms with Gasteiger partial charge in [0.1, 0.15) is 0 Å². The summed E-state index contributed by atoms with van der Waals surface area (Å²) in [4.78, 5) is 12.7. The van der Waals surface area contributed by atoms with Crippen LogP contribution in [0.2, 0.25) is 0 Å². The van der Waals surface area contributed by atoms with Crippen molar-refractivity contribution in [1.29, 1.82) is 0 Å². The molecule has 0 aliphatic carbocycles. The number of nitrogens with zero attached hydrogens (tertiary/aromatic N) is 1. The van der Waals surface area contributed by atoms with Gasteiger partial charge in [-0.3, -0.25) is 4.55 Å². The number of ether oxygens (including phenoxy) is 1. The lowest BCUT2D eigenvalue weighted by molar-refractivity contribution is 0.0968. The average Bonchev–Trinajstić information content (AvgIpc) is 2.58. The first-order valence-electron chi connectivity index (χ1n) is 5.73. The van der Waals surface area contributed by atoms with E-state index in [9.17, 15) is 21.6 Å². The Morgan fingerprint density at radius 3 is 2.53 bits per heavy atom. The number of rotatable bonds is 5. The topological polar surface area (TPSA) is 118 Å². The Hall–Kier alpha value is -0.870. The van der Waals surface area contributed by atoms with E-state index in [1.807, 2.05) is 0 Å². The molecular weight excluding hydrogens is 298 g/mol. The van der Waals surface area contributed by atoms with Gasteiger partial charge in [0.05, 0.1) is 23.9 Å². The molecule has 1 rings (SSSR count). The SMILES string of the molecule is CCOC(=O)N(CCS(=O)(=O)O)C1CCS(=O)(=O)C1. The Bertz CT molecular complexity index is 525. The molecule has 10 heteroatoms. The maximum atomic E-state index is 11.7. The van der Waals surface area contributed by atoms with Crippen molar-refractivity contribution in [3.05, 3.63) is 0 Å². The molecule has 0 saturated carbocycles. The lowest BCUT2D eigenvalue weighted by Gasteiger charge is -2.26. The highest BCUT2D eigenvalue weighted by Crippen LogP contribution is 2.18. The van der Waals surface area contributed by atoms with Gasteiger partial charge in [0, 0.05) is 12.6 Å². The molecule has 1 saturated heterocycles. The predicted molar refractivity (Wildman–Crippen MR) is 67.2 cm³/mol. The maximum absolute atomic E-state index is 11.7. The van der Waals surface area contributed by atoms with Gasteiger partial charge in [0.15, 0.2) is 9.84 Å². The lowest BCUT2D eigenvalue weighted by Crippen LogP contribution is -2.44. The smallest absolute Gasteiger partial charge is 0.410 e. The fourth-order valence-electron chi connectivity index (χ4n) is 1.86. The molecule has 0 aromatic rings. The summed E-state index contributed by atoms with van der Waals surface area (Å²) in [6.45, 7) is 1.39. The van der Waals surface area contributed by atoms with E-state index in [0.717, 1.165) is 4.90 Å². The van der Waals surface area contributed by atoms with Crippen LogP contribution in [0.25, 0.3) is 0 Å². The van der Waals surface area contributed by atoms with Gasteiger partial charge in [-0.25, -0.2) is 13.2 Å². The second-order valence-electron chi connectivity index (χ2n) is 4.24. The van der Waals surface area contributed by atoms with Crippen molar-refractivity contribution in [2.24, 2.45) is 0 Å². The van der Waals surface area contributed by atoms with Gasteiger partial charge in [-0.15, -0.1) is 0 Å². The van der Waals surface area contributed by atoms with Crippen molar-refractivity contribution in [1.82, 2.24) is 4.90 Å². The van der Waals surface area contributed by atoms with Crippen LogP contribution in [0.5, 0.6) is 0 Å². The van der Waals surface area contributed by atoms with E-state index in [1.54, 1.807) is 6.92 Å². The second-order valence-corrected chi connectivity index (χ2v) is 8.04. The van der Waals surface area contributed by atoms with Crippen LogP contribution in [0.3, 0.4) is 0 Å². The highest BCUT2D eigenvalue weighted by Gasteiger charge is 2.35. The fourth-order valence-corrected chi connectivity index (χ4v) is 4.02. The van der Waals surface area contributed by atoms with Gasteiger partial charge >= 0.3 is 6.09 Å². The van der Waals surface area contributed by atoms with Gasteiger partial charge < -0.3 is 9.64 Å². The first kappa shape index (κ1) is 16.2. The number of carbonyl (C=O) groups is 1. The molecule has 0 aromatic heterocycles. The predicted octanol–water partition coefficient (Wildman–Crippen LogP) is -0.480. The molecule has 0 radical (unpaired) electrons. The summed E-state index contributed by atoms with van der Waals surface area (Å²) in [5.74, 6) is -0.904. The van der Waals surface area contributed by atoms with Crippen molar-refractivity contribution in [3.63, 3.8) is 0 Å². The van der Waals surface area contributed by atoms with Crippen molar-refractivity contribution < 1.29 is 30.9 Å². The summed E-state index contributed by atoms with van der Waals surface area (Å²) in [7, 11) is -7.43. The van der Waals surface area contributed by atoms with Crippen molar-refractivity contribution in [2.75, 3.05) is 30.4 Å². The van der Waals surface area contributed by atoms with Gasteiger partial charge in [-0.2, -0.15) is 8.42 Å². The largest absolute Gasteiger partial charge is 0.450 e. The van der Waals surface area contributed by atoms with Crippen LogP contribution in [0, 0.1) is 0 Å². The molecule has 19 heavy (non-hydrogen) atoms. The third-order valence-corrected chi connectivity index (χ3v) is 5.19. The molecule has 1 aliphatic rings. The van der Waals surface area contributed by atoms with Gasteiger partial charge in [0.2, 0.25) is 0 Å². The summed E-state index contributed by atoms with van der Waals surface area (Å²) in [5.41, 5.74) is 0. The number of hydrogen-bond donors (Lipinski definition) is 1. The van der Waals surface area contributed by atoms with Crippen LogP contribution in [0.1, 0.15) is 13.3 Å². The summed E-state index contributed by atoms with van der Waals surface area (Å²) >= 11 is 0. The third-order valence-electron chi connectivity index (χ3n) is 2.74. The molecule has 1 aliphatic heterocycles. The molecule has 0 spiro atoms. The zero-order chi connectivity index (χ0) is 14.7. The van der Waals surface area contributed by atoms with Gasteiger partial charge in [-0.1, -0.05) is 0 Å². The molecular formula is C9H17NO7S2. The number of sulfone groups is 1. The molecule has 0 bridgehead atoms. The van der Waals surface area contributed by atoms with Crippen LogP contribution in [-0.2, 0) is 24.7 Å². The van der Waals surface area contributed by atoms with E-state index in [2.05, 4.69) is 0 Å². The molecule has 1 heterocycles. The first-order valence-corrected chi connectivity index (χ1v) is 9.16. The minimum absolute atomic E-state index is 0.0422. The van der Waals surface area contributed by atoms with Crippen LogP contribution in [0.4, 0.5) is 4.79 Å². The van der Waals surface area contributed by atoms with Crippen LogP contribution >= 0.6 is 0 Å². The Morgan fingerprint density at radius 1 is 1.47 bits per heavy atom. The average molecular weight is 315 g/mol. The Kier molecular flexibility index (Phi) is 5.16. The van der Waals surface area contributed by atoms with Crippen molar-refractivity contribution in [3.8, 4) is 0 Å². The summed E-state index contributed by atoms with van der Waals surface area (Å²) in [6.07, 6.45) is -0.527. The summed E-state index contributed by atoms with van der Waals surface area (Å²) in [6, 6.07) is -0.606. The summed E-state index contributed by atoms with van der Waals surface area (Å²) in [5, 5.41) is 0. The third kappa shape index (κ3) is 5.33.